The second-order valence-corrected chi connectivity index (χ2v) is 7.42. The van der Waals surface area contributed by atoms with E-state index in [9.17, 15) is 4.79 Å². The fraction of sp³-hybridized carbons (Fsp3) is 0.0500. The molecule has 0 spiro atoms. The van der Waals surface area contributed by atoms with Crippen LogP contribution < -0.4 is 5.32 Å². The first-order valence-corrected chi connectivity index (χ1v) is 9.82. The quantitative estimate of drug-likeness (QED) is 0.544. The fourth-order valence-electron chi connectivity index (χ4n) is 2.66. The van der Waals surface area contributed by atoms with Gasteiger partial charge in [0.05, 0.1) is 10.9 Å². The molecule has 4 rings (SSSR count). The Hall–Kier alpha value is -2.83. The molecule has 0 saturated carbocycles. The third-order valence-electron chi connectivity index (χ3n) is 3.92. The van der Waals surface area contributed by atoms with Gasteiger partial charge in [-0.05, 0) is 34.7 Å². The lowest BCUT2D eigenvalue weighted by molar-refractivity contribution is 0.0938. The van der Waals surface area contributed by atoms with E-state index >= 15 is 0 Å². The molecule has 0 unspecified atom stereocenters. The molecule has 0 radical (unpaired) electrons. The number of amides is 1. The Labute approximate surface area is 159 Å². The van der Waals surface area contributed by atoms with Crippen LogP contribution in [0.4, 0.5) is 0 Å². The molecule has 1 atom stereocenters. The molecule has 26 heavy (non-hydrogen) atoms. The lowest BCUT2D eigenvalue weighted by Crippen LogP contribution is -2.29. The standard InChI is InChI=1S/C20H15N3OS2/c24-19(16-13-26-20(22-16)17-7-4-12-25-17)23-18(14-5-2-1-3-6-14)15-8-10-21-11-9-15/h1-13,18H,(H,23,24)/t18-/m1/s1. The van der Waals surface area contributed by atoms with Crippen LogP contribution in [0.25, 0.3) is 9.88 Å². The number of hydrogen-bond acceptors (Lipinski definition) is 5. The topological polar surface area (TPSA) is 54.9 Å². The first kappa shape index (κ1) is 16.6. The van der Waals surface area contributed by atoms with Crippen LogP contribution in [0.1, 0.15) is 27.7 Å². The second-order valence-electron chi connectivity index (χ2n) is 5.61. The van der Waals surface area contributed by atoms with Crippen molar-refractivity contribution in [2.24, 2.45) is 0 Å². The van der Waals surface area contributed by atoms with Crippen LogP contribution in [-0.2, 0) is 0 Å². The summed E-state index contributed by atoms with van der Waals surface area (Å²) < 4.78 is 0. The van der Waals surface area contributed by atoms with Gasteiger partial charge in [0.25, 0.3) is 5.91 Å². The average Bonchev–Trinajstić information content (AvgIpc) is 3.39. The van der Waals surface area contributed by atoms with Gasteiger partial charge < -0.3 is 5.32 Å². The number of rotatable bonds is 5. The fourth-order valence-corrected chi connectivity index (χ4v) is 4.27. The molecule has 4 aromatic rings. The predicted molar refractivity (Wildman–Crippen MR) is 105 cm³/mol. The van der Waals surface area contributed by atoms with Crippen molar-refractivity contribution in [3.63, 3.8) is 0 Å². The number of thiophene rings is 1. The summed E-state index contributed by atoms with van der Waals surface area (Å²) in [6.07, 6.45) is 3.46. The van der Waals surface area contributed by atoms with E-state index in [1.165, 1.54) is 11.3 Å². The van der Waals surface area contributed by atoms with Crippen LogP contribution in [0.2, 0.25) is 0 Å². The highest BCUT2D eigenvalue weighted by molar-refractivity contribution is 7.20. The predicted octanol–water partition coefficient (Wildman–Crippen LogP) is 4.79. The van der Waals surface area contributed by atoms with E-state index in [-0.39, 0.29) is 11.9 Å². The number of benzene rings is 1. The molecule has 3 aromatic heterocycles. The molecule has 1 amide bonds. The smallest absolute Gasteiger partial charge is 0.271 e. The number of carbonyl (C=O) groups excluding carboxylic acids is 1. The number of carbonyl (C=O) groups is 1. The number of hydrogen-bond donors (Lipinski definition) is 1. The largest absolute Gasteiger partial charge is 0.340 e. The summed E-state index contributed by atoms with van der Waals surface area (Å²) >= 11 is 3.10. The molecule has 128 valence electrons. The van der Waals surface area contributed by atoms with Crippen molar-refractivity contribution in [3.8, 4) is 9.88 Å². The Balaban J connectivity index is 1.61. The van der Waals surface area contributed by atoms with E-state index < -0.39 is 0 Å². The zero-order valence-electron chi connectivity index (χ0n) is 13.7. The van der Waals surface area contributed by atoms with Crippen molar-refractivity contribution < 1.29 is 4.79 Å². The Morgan fingerprint density at radius 1 is 0.923 bits per heavy atom. The number of thiazole rings is 1. The number of pyridine rings is 1. The van der Waals surface area contributed by atoms with Gasteiger partial charge in [-0.3, -0.25) is 9.78 Å². The van der Waals surface area contributed by atoms with E-state index in [1.54, 1.807) is 29.1 Å². The lowest BCUT2D eigenvalue weighted by Gasteiger charge is -2.19. The van der Waals surface area contributed by atoms with Crippen molar-refractivity contribution in [1.82, 2.24) is 15.3 Å². The van der Waals surface area contributed by atoms with Gasteiger partial charge in [-0.15, -0.1) is 22.7 Å². The first-order valence-electron chi connectivity index (χ1n) is 8.06. The minimum absolute atomic E-state index is 0.185. The zero-order valence-corrected chi connectivity index (χ0v) is 15.3. The SMILES string of the molecule is O=C(N[C@H](c1ccccc1)c1ccncc1)c1csc(-c2cccs2)n1. The normalized spacial score (nSPS) is 11.8. The maximum Gasteiger partial charge on any atom is 0.271 e. The van der Waals surface area contributed by atoms with Crippen molar-refractivity contribution in [2.75, 3.05) is 0 Å². The van der Waals surface area contributed by atoms with Gasteiger partial charge in [0, 0.05) is 17.8 Å². The van der Waals surface area contributed by atoms with Gasteiger partial charge in [0.2, 0.25) is 0 Å². The molecule has 0 bridgehead atoms. The summed E-state index contributed by atoms with van der Waals surface area (Å²) in [6, 6.07) is 17.5. The summed E-state index contributed by atoms with van der Waals surface area (Å²) in [5.41, 5.74) is 2.43. The van der Waals surface area contributed by atoms with Crippen LogP contribution >= 0.6 is 22.7 Å². The summed E-state index contributed by atoms with van der Waals surface area (Å²) in [6.45, 7) is 0. The Morgan fingerprint density at radius 2 is 1.69 bits per heavy atom. The van der Waals surface area contributed by atoms with Gasteiger partial charge in [-0.25, -0.2) is 4.98 Å². The third-order valence-corrected chi connectivity index (χ3v) is 5.80. The molecule has 6 heteroatoms. The summed E-state index contributed by atoms with van der Waals surface area (Å²) in [7, 11) is 0. The van der Waals surface area contributed by atoms with Crippen molar-refractivity contribution in [1.29, 1.82) is 0 Å². The van der Waals surface area contributed by atoms with Gasteiger partial charge >= 0.3 is 0 Å². The van der Waals surface area contributed by atoms with Crippen LogP contribution in [0, 0.1) is 0 Å². The summed E-state index contributed by atoms with van der Waals surface area (Å²) in [4.78, 5) is 22.4. The van der Waals surface area contributed by atoms with Crippen LogP contribution in [0.15, 0.2) is 77.8 Å². The monoisotopic (exact) mass is 377 g/mol. The third kappa shape index (κ3) is 3.56. The summed E-state index contributed by atoms with van der Waals surface area (Å²) in [5, 5.41) is 7.78. The highest BCUT2D eigenvalue weighted by atomic mass is 32.1. The van der Waals surface area contributed by atoms with Crippen LogP contribution in [-0.4, -0.2) is 15.9 Å². The van der Waals surface area contributed by atoms with E-state index in [0.717, 1.165) is 21.0 Å². The lowest BCUT2D eigenvalue weighted by atomic mass is 9.99. The highest BCUT2D eigenvalue weighted by Gasteiger charge is 2.19. The second kappa shape index (κ2) is 7.59. The Kier molecular flexibility index (Phi) is 4.86. The van der Waals surface area contributed by atoms with Crippen LogP contribution in [0.3, 0.4) is 0 Å². The molecule has 3 heterocycles. The maximum atomic E-state index is 12.8. The van der Waals surface area contributed by atoms with E-state index in [1.807, 2.05) is 60.0 Å². The van der Waals surface area contributed by atoms with Crippen molar-refractivity contribution in [3.05, 3.63) is 94.6 Å². The van der Waals surface area contributed by atoms with E-state index in [0.29, 0.717) is 5.69 Å². The Morgan fingerprint density at radius 3 is 2.42 bits per heavy atom. The molecular formula is C20H15N3OS2. The molecule has 1 N–H and O–H groups in total. The van der Waals surface area contributed by atoms with Crippen molar-refractivity contribution >= 4 is 28.6 Å². The van der Waals surface area contributed by atoms with Crippen molar-refractivity contribution in [2.45, 2.75) is 6.04 Å². The van der Waals surface area contributed by atoms with E-state index in [4.69, 9.17) is 0 Å². The molecule has 0 saturated heterocycles. The van der Waals surface area contributed by atoms with Gasteiger partial charge in [0.1, 0.15) is 10.7 Å². The number of nitrogens with zero attached hydrogens (tertiary/aromatic N) is 2. The van der Waals surface area contributed by atoms with Gasteiger partial charge in [-0.1, -0.05) is 36.4 Å². The molecular weight excluding hydrogens is 362 g/mol. The zero-order chi connectivity index (χ0) is 17.8. The minimum atomic E-state index is -0.251. The molecule has 0 aliphatic carbocycles. The Bertz CT molecular complexity index is 943. The summed E-state index contributed by atoms with van der Waals surface area (Å²) in [5.74, 6) is -0.185. The maximum absolute atomic E-state index is 12.8. The number of aromatic nitrogens is 2. The molecule has 1 aromatic carbocycles. The molecule has 0 aliphatic heterocycles. The van der Waals surface area contributed by atoms with E-state index in [2.05, 4.69) is 15.3 Å². The average molecular weight is 377 g/mol. The van der Waals surface area contributed by atoms with Gasteiger partial charge in [0.15, 0.2) is 0 Å². The molecule has 0 aliphatic rings. The molecule has 0 fully saturated rings. The minimum Gasteiger partial charge on any atom is -0.340 e. The molecule has 4 nitrogen and oxygen atoms in total. The first-order chi connectivity index (χ1) is 12.8. The number of nitrogens with one attached hydrogen (secondary N) is 1. The highest BCUT2D eigenvalue weighted by Crippen LogP contribution is 2.28. The van der Waals surface area contributed by atoms with Gasteiger partial charge in [-0.2, -0.15) is 0 Å². The van der Waals surface area contributed by atoms with Crippen LogP contribution in [0.5, 0.6) is 0 Å².